The molecule has 1 aliphatic heterocycles. The number of thioether (sulfide) groups is 1. The van der Waals surface area contributed by atoms with E-state index in [0.29, 0.717) is 11.5 Å². The van der Waals surface area contributed by atoms with Crippen LogP contribution in [0.3, 0.4) is 0 Å². The number of ketones is 1. The lowest BCUT2D eigenvalue weighted by atomic mass is 10.1. The van der Waals surface area contributed by atoms with Gasteiger partial charge in [0, 0.05) is 11.5 Å². The van der Waals surface area contributed by atoms with E-state index in [0.717, 1.165) is 21.5 Å². The molecule has 0 bridgehead atoms. The average Bonchev–Trinajstić information content (AvgIpc) is 3.05. The van der Waals surface area contributed by atoms with E-state index in [1.54, 1.807) is 12.1 Å². The van der Waals surface area contributed by atoms with Crippen molar-refractivity contribution >= 4 is 28.4 Å². The number of benzene rings is 2. The van der Waals surface area contributed by atoms with Crippen LogP contribution in [-0.2, 0) is 0 Å². The van der Waals surface area contributed by atoms with Gasteiger partial charge < -0.3 is 9.47 Å². The van der Waals surface area contributed by atoms with Crippen LogP contribution in [-0.4, -0.2) is 23.3 Å². The monoisotopic (exact) mass is 355 g/mol. The molecular weight excluding hydrogens is 341 g/mol. The zero-order valence-electron chi connectivity index (χ0n) is 13.4. The number of pyridine rings is 1. The quantitative estimate of drug-likeness (QED) is 0.513. The number of aromatic nitrogens is 1. The standard InChI is InChI=1S/C19H14FNO3S/c1-11-6-12-7-17-18(24-10-23-17)8-15(12)21-19(11)25-9-16(22)13-4-2-3-5-14(13)20/h2-8H,9-10H2,1H3. The first-order chi connectivity index (χ1) is 12.1. The van der Waals surface area contributed by atoms with E-state index in [1.165, 1.54) is 23.9 Å². The van der Waals surface area contributed by atoms with E-state index in [4.69, 9.17) is 9.47 Å². The van der Waals surface area contributed by atoms with Crippen LogP contribution in [0.5, 0.6) is 11.5 Å². The lowest BCUT2D eigenvalue weighted by Crippen LogP contribution is -2.05. The number of carbonyl (C=O) groups is 1. The van der Waals surface area contributed by atoms with Crippen molar-refractivity contribution < 1.29 is 18.7 Å². The minimum Gasteiger partial charge on any atom is -0.454 e. The molecule has 1 aromatic heterocycles. The van der Waals surface area contributed by atoms with E-state index in [-0.39, 0.29) is 23.9 Å². The number of ether oxygens (including phenoxy) is 2. The highest BCUT2D eigenvalue weighted by atomic mass is 32.2. The van der Waals surface area contributed by atoms with Crippen molar-refractivity contribution in [2.24, 2.45) is 0 Å². The van der Waals surface area contributed by atoms with E-state index in [1.807, 2.05) is 25.1 Å². The topological polar surface area (TPSA) is 48.4 Å². The maximum atomic E-state index is 13.7. The molecule has 0 N–H and O–H groups in total. The Bertz CT molecular complexity index is 990. The van der Waals surface area contributed by atoms with Gasteiger partial charge in [-0.05, 0) is 36.8 Å². The predicted octanol–water partition coefficient (Wildman–Crippen LogP) is 4.39. The predicted molar refractivity (Wildman–Crippen MR) is 94.1 cm³/mol. The molecule has 0 saturated heterocycles. The number of Topliss-reactive ketones (excluding diaryl/α,β-unsaturated/α-hetero) is 1. The minimum atomic E-state index is -0.496. The smallest absolute Gasteiger partial charge is 0.231 e. The third-order valence-corrected chi connectivity index (χ3v) is 5.06. The summed E-state index contributed by atoms with van der Waals surface area (Å²) in [5.41, 5.74) is 1.84. The van der Waals surface area contributed by atoms with Gasteiger partial charge in [-0.25, -0.2) is 9.37 Å². The summed E-state index contributed by atoms with van der Waals surface area (Å²) in [6, 6.07) is 11.7. The Balaban J connectivity index is 1.59. The fourth-order valence-corrected chi connectivity index (χ4v) is 3.57. The van der Waals surface area contributed by atoms with Crippen LogP contribution < -0.4 is 9.47 Å². The molecule has 126 valence electrons. The van der Waals surface area contributed by atoms with E-state index < -0.39 is 5.82 Å². The molecule has 0 fully saturated rings. The lowest BCUT2D eigenvalue weighted by molar-refractivity contribution is 0.101. The molecule has 6 heteroatoms. The second-order valence-corrected chi connectivity index (χ2v) is 6.66. The molecule has 0 unspecified atom stereocenters. The number of carbonyl (C=O) groups excluding carboxylic acids is 1. The Hall–Kier alpha value is -2.60. The Morgan fingerprint density at radius 3 is 2.76 bits per heavy atom. The molecular formula is C19H14FNO3S. The summed E-state index contributed by atoms with van der Waals surface area (Å²) in [7, 11) is 0. The summed E-state index contributed by atoms with van der Waals surface area (Å²) in [6.07, 6.45) is 0. The highest BCUT2D eigenvalue weighted by Crippen LogP contribution is 2.37. The molecule has 1 aliphatic rings. The summed E-state index contributed by atoms with van der Waals surface area (Å²) < 4.78 is 24.5. The molecule has 4 rings (SSSR count). The van der Waals surface area contributed by atoms with E-state index >= 15 is 0 Å². The van der Waals surface area contributed by atoms with Crippen LogP contribution in [0.1, 0.15) is 15.9 Å². The molecule has 2 heterocycles. The highest BCUT2D eigenvalue weighted by molar-refractivity contribution is 8.00. The zero-order chi connectivity index (χ0) is 17.4. The molecule has 3 aromatic rings. The summed E-state index contributed by atoms with van der Waals surface area (Å²) in [5, 5.41) is 1.70. The van der Waals surface area contributed by atoms with Crippen LogP contribution in [0.15, 0.2) is 47.5 Å². The Morgan fingerprint density at radius 2 is 1.96 bits per heavy atom. The van der Waals surface area contributed by atoms with Crippen LogP contribution >= 0.6 is 11.8 Å². The van der Waals surface area contributed by atoms with Crippen molar-refractivity contribution in [2.45, 2.75) is 11.9 Å². The number of nitrogens with zero attached hydrogens (tertiary/aromatic N) is 1. The number of fused-ring (bicyclic) bond motifs is 2. The lowest BCUT2D eigenvalue weighted by Gasteiger charge is -2.08. The van der Waals surface area contributed by atoms with E-state index in [2.05, 4.69) is 4.98 Å². The van der Waals surface area contributed by atoms with Gasteiger partial charge in [0.1, 0.15) is 10.8 Å². The SMILES string of the molecule is Cc1cc2cc3c(cc2nc1SCC(=O)c1ccccc1F)OCO3. The van der Waals surface area contributed by atoms with Crippen molar-refractivity contribution in [1.82, 2.24) is 4.98 Å². The molecule has 2 aromatic carbocycles. The first-order valence-electron chi connectivity index (χ1n) is 7.73. The summed E-state index contributed by atoms with van der Waals surface area (Å²) in [6.45, 7) is 2.15. The molecule has 0 saturated carbocycles. The summed E-state index contributed by atoms with van der Waals surface area (Å²) >= 11 is 1.31. The maximum absolute atomic E-state index is 13.7. The number of hydrogen-bond donors (Lipinski definition) is 0. The Morgan fingerprint density at radius 1 is 1.20 bits per heavy atom. The van der Waals surface area contributed by atoms with Gasteiger partial charge in [0.2, 0.25) is 6.79 Å². The average molecular weight is 355 g/mol. The minimum absolute atomic E-state index is 0.108. The van der Waals surface area contributed by atoms with Crippen molar-refractivity contribution in [3.63, 3.8) is 0 Å². The van der Waals surface area contributed by atoms with Crippen molar-refractivity contribution in [1.29, 1.82) is 0 Å². The van der Waals surface area contributed by atoms with Crippen LogP contribution in [0.2, 0.25) is 0 Å². The first-order valence-corrected chi connectivity index (χ1v) is 8.72. The van der Waals surface area contributed by atoms with Gasteiger partial charge in [-0.1, -0.05) is 23.9 Å². The Labute approximate surface area is 148 Å². The number of hydrogen-bond acceptors (Lipinski definition) is 5. The maximum Gasteiger partial charge on any atom is 0.231 e. The number of halogens is 1. The van der Waals surface area contributed by atoms with Gasteiger partial charge in [0.05, 0.1) is 16.8 Å². The molecule has 0 amide bonds. The van der Waals surface area contributed by atoms with Gasteiger partial charge in [-0.15, -0.1) is 0 Å². The first kappa shape index (κ1) is 15.9. The molecule has 4 nitrogen and oxygen atoms in total. The fourth-order valence-electron chi connectivity index (χ4n) is 2.70. The van der Waals surface area contributed by atoms with Gasteiger partial charge >= 0.3 is 0 Å². The molecule has 0 spiro atoms. The molecule has 0 radical (unpaired) electrons. The second-order valence-electron chi connectivity index (χ2n) is 5.70. The van der Waals surface area contributed by atoms with Crippen molar-refractivity contribution in [3.8, 4) is 11.5 Å². The van der Waals surface area contributed by atoms with Crippen molar-refractivity contribution in [2.75, 3.05) is 12.5 Å². The normalized spacial score (nSPS) is 12.6. The van der Waals surface area contributed by atoms with Gasteiger partial charge in [-0.3, -0.25) is 4.79 Å². The summed E-state index contributed by atoms with van der Waals surface area (Å²) in [4.78, 5) is 16.9. The highest BCUT2D eigenvalue weighted by Gasteiger charge is 2.17. The number of aryl methyl sites for hydroxylation is 1. The third-order valence-electron chi connectivity index (χ3n) is 3.97. The largest absolute Gasteiger partial charge is 0.454 e. The van der Waals surface area contributed by atoms with Crippen molar-refractivity contribution in [3.05, 3.63) is 59.4 Å². The molecule has 25 heavy (non-hydrogen) atoms. The molecule has 0 atom stereocenters. The number of rotatable bonds is 4. The van der Waals surface area contributed by atoms with Crippen LogP contribution in [0, 0.1) is 12.7 Å². The fraction of sp³-hybridized carbons (Fsp3) is 0.158. The molecule has 0 aliphatic carbocycles. The van der Waals surface area contributed by atoms with Gasteiger partial charge in [0.15, 0.2) is 17.3 Å². The zero-order valence-corrected chi connectivity index (χ0v) is 14.2. The third kappa shape index (κ3) is 3.05. The van der Waals surface area contributed by atoms with E-state index in [9.17, 15) is 9.18 Å². The van der Waals surface area contributed by atoms with Crippen LogP contribution in [0.25, 0.3) is 10.9 Å². The van der Waals surface area contributed by atoms with Gasteiger partial charge in [0.25, 0.3) is 0 Å². The summed E-state index contributed by atoms with van der Waals surface area (Å²) in [5.74, 6) is 0.760. The Kier molecular flexibility index (Phi) is 4.05. The van der Waals surface area contributed by atoms with Gasteiger partial charge in [-0.2, -0.15) is 0 Å². The second kappa shape index (κ2) is 6.37. The van der Waals surface area contributed by atoms with Crippen LogP contribution in [0.4, 0.5) is 4.39 Å².